The van der Waals surface area contributed by atoms with E-state index in [1.54, 1.807) is 6.20 Å². The van der Waals surface area contributed by atoms with E-state index in [0.717, 1.165) is 22.8 Å². The normalized spacial score (nSPS) is 11.8. The molecular weight excluding hydrogens is 352 g/mol. The van der Waals surface area contributed by atoms with Gasteiger partial charge in [-0.3, -0.25) is 4.79 Å². The Morgan fingerprint density at radius 2 is 1.78 bits per heavy atom. The molecule has 0 radical (unpaired) electrons. The summed E-state index contributed by atoms with van der Waals surface area (Å²) in [4.78, 5) is 18.3. The second-order valence-electron chi connectivity index (χ2n) is 6.67. The van der Waals surface area contributed by atoms with E-state index in [2.05, 4.69) is 53.6 Å². The van der Waals surface area contributed by atoms with Crippen LogP contribution < -0.4 is 5.32 Å². The third-order valence-electron chi connectivity index (χ3n) is 4.34. The fourth-order valence-corrected chi connectivity index (χ4v) is 3.64. The predicted octanol–water partition coefficient (Wildman–Crippen LogP) is 5.29. The van der Waals surface area contributed by atoms with Crippen LogP contribution in [0.2, 0.25) is 0 Å². The summed E-state index contributed by atoms with van der Waals surface area (Å²) < 4.78 is 0. The summed E-state index contributed by atoms with van der Waals surface area (Å²) in [6, 6.07) is 22.3. The zero-order valence-corrected chi connectivity index (χ0v) is 16.5. The number of carbonyl (C=O) groups excluding carboxylic acids is 1. The molecular formula is C23H24N2OS. The Kier molecular flexibility index (Phi) is 6.66. The molecule has 0 aliphatic carbocycles. The second-order valence-corrected chi connectivity index (χ2v) is 7.73. The molecule has 0 spiro atoms. The maximum atomic E-state index is 12.8. The van der Waals surface area contributed by atoms with E-state index in [0.29, 0.717) is 5.56 Å². The first kappa shape index (κ1) is 19.2. The Hall–Kier alpha value is -2.59. The molecule has 0 saturated carbocycles. The average molecular weight is 377 g/mol. The summed E-state index contributed by atoms with van der Waals surface area (Å²) in [7, 11) is 0. The van der Waals surface area contributed by atoms with Gasteiger partial charge in [0.1, 0.15) is 5.03 Å². The molecule has 0 fully saturated rings. The number of pyridine rings is 1. The van der Waals surface area contributed by atoms with E-state index in [9.17, 15) is 4.79 Å². The number of benzene rings is 2. The number of aryl methyl sites for hydroxylation is 2. The highest BCUT2D eigenvalue weighted by Gasteiger charge is 2.15. The van der Waals surface area contributed by atoms with Gasteiger partial charge < -0.3 is 5.32 Å². The minimum Gasteiger partial charge on any atom is -0.349 e. The monoisotopic (exact) mass is 376 g/mol. The van der Waals surface area contributed by atoms with Crippen molar-refractivity contribution in [3.63, 3.8) is 0 Å². The first-order valence-electron chi connectivity index (χ1n) is 9.16. The Balaban J connectivity index is 1.63. The lowest BCUT2D eigenvalue weighted by atomic mass is 10.1. The van der Waals surface area contributed by atoms with Crippen LogP contribution in [-0.4, -0.2) is 16.9 Å². The average Bonchev–Trinajstić information content (AvgIpc) is 2.69. The molecule has 0 unspecified atom stereocenters. The number of aromatic nitrogens is 1. The number of carbonyl (C=O) groups is 1. The van der Waals surface area contributed by atoms with Crippen molar-refractivity contribution in [2.45, 2.75) is 42.7 Å². The fraction of sp³-hybridized carbons (Fsp3) is 0.217. The molecule has 0 aliphatic heterocycles. The van der Waals surface area contributed by atoms with Gasteiger partial charge in [-0.05, 0) is 56.5 Å². The molecule has 0 aliphatic rings. The summed E-state index contributed by atoms with van der Waals surface area (Å²) in [6.07, 6.45) is 3.57. The molecule has 1 amide bonds. The molecule has 2 aromatic carbocycles. The van der Waals surface area contributed by atoms with Crippen molar-refractivity contribution in [2.75, 3.05) is 0 Å². The molecule has 1 aromatic heterocycles. The van der Waals surface area contributed by atoms with Crippen molar-refractivity contribution in [1.29, 1.82) is 0 Å². The maximum Gasteiger partial charge on any atom is 0.254 e. The summed E-state index contributed by atoms with van der Waals surface area (Å²) >= 11 is 1.52. The highest BCUT2D eigenvalue weighted by atomic mass is 32.2. The van der Waals surface area contributed by atoms with E-state index >= 15 is 0 Å². The third-order valence-corrected chi connectivity index (χ3v) is 5.36. The van der Waals surface area contributed by atoms with E-state index in [1.165, 1.54) is 22.9 Å². The number of hydrogen-bond donors (Lipinski definition) is 1. The smallest absolute Gasteiger partial charge is 0.254 e. The Labute approximate surface area is 165 Å². The quantitative estimate of drug-likeness (QED) is 0.609. The van der Waals surface area contributed by atoms with Gasteiger partial charge in [0.2, 0.25) is 0 Å². The molecule has 3 nitrogen and oxygen atoms in total. The lowest BCUT2D eigenvalue weighted by molar-refractivity contribution is 0.0934. The molecule has 1 heterocycles. The van der Waals surface area contributed by atoms with Crippen molar-refractivity contribution >= 4 is 17.7 Å². The van der Waals surface area contributed by atoms with Crippen LogP contribution >= 0.6 is 11.8 Å². The number of amides is 1. The SMILES string of the molecule is Cc1ccc(Sc2ncccc2C(=O)N[C@@H](C)CCc2ccccc2)cc1. The molecule has 3 aromatic rings. The van der Waals surface area contributed by atoms with E-state index in [1.807, 2.05) is 37.3 Å². The Morgan fingerprint density at radius 1 is 1.04 bits per heavy atom. The highest BCUT2D eigenvalue weighted by Crippen LogP contribution is 2.28. The first-order valence-corrected chi connectivity index (χ1v) is 9.98. The van der Waals surface area contributed by atoms with E-state index < -0.39 is 0 Å². The lowest BCUT2D eigenvalue weighted by Crippen LogP contribution is -2.33. The summed E-state index contributed by atoms with van der Waals surface area (Å²) in [5.74, 6) is -0.0710. The fourth-order valence-electron chi connectivity index (χ4n) is 2.76. The van der Waals surface area contributed by atoms with Crippen molar-refractivity contribution in [3.8, 4) is 0 Å². The number of nitrogens with zero attached hydrogens (tertiary/aromatic N) is 1. The van der Waals surface area contributed by atoms with Crippen molar-refractivity contribution in [2.24, 2.45) is 0 Å². The van der Waals surface area contributed by atoms with Gasteiger partial charge in [-0.2, -0.15) is 0 Å². The van der Waals surface area contributed by atoms with Crippen LogP contribution in [0.5, 0.6) is 0 Å². The van der Waals surface area contributed by atoms with Gasteiger partial charge in [0.15, 0.2) is 0 Å². The van der Waals surface area contributed by atoms with Crippen LogP contribution in [0, 0.1) is 6.92 Å². The number of nitrogens with one attached hydrogen (secondary N) is 1. The van der Waals surface area contributed by atoms with Gasteiger partial charge in [0.05, 0.1) is 5.56 Å². The van der Waals surface area contributed by atoms with Gasteiger partial charge in [-0.15, -0.1) is 0 Å². The van der Waals surface area contributed by atoms with E-state index in [4.69, 9.17) is 0 Å². The molecule has 27 heavy (non-hydrogen) atoms. The molecule has 138 valence electrons. The van der Waals surface area contributed by atoms with Gasteiger partial charge >= 0.3 is 0 Å². The van der Waals surface area contributed by atoms with Gasteiger partial charge in [0.25, 0.3) is 5.91 Å². The standard InChI is InChI=1S/C23H24N2OS/c1-17-10-14-20(15-11-17)27-23-21(9-6-16-24-23)22(26)25-18(2)12-13-19-7-4-3-5-8-19/h3-11,14-16,18H,12-13H2,1-2H3,(H,25,26)/t18-/m0/s1. The van der Waals surface area contributed by atoms with Crippen LogP contribution in [0.15, 0.2) is 82.8 Å². The van der Waals surface area contributed by atoms with Crippen LogP contribution in [-0.2, 0) is 6.42 Å². The summed E-state index contributed by atoms with van der Waals surface area (Å²) in [5, 5.41) is 3.84. The van der Waals surface area contributed by atoms with Gasteiger partial charge in [-0.1, -0.05) is 59.8 Å². The minimum atomic E-state index is -0.0710. The maximum absolute atomic E-state index is 12.8. The number of hydrogen-bond acceptors (Lipinski definition) is 3. The second kappa shape index (κ2) is 9.38. The summed E-state index contributed by atoms with van der Waals surface area (Å²) in [6.45, 7) is 4.11. The molecule has 0 saturated heterocycles. The van der Waals surface area contributed by atoms with Crippen molar-refractivity contribution in [1.82, 2.24) is 10.3 Å². The van der Waals surface area contributed by atoms with Crippen LogP contribution in [0.1, 0.15) is 34.8 Å². The molecule has 1 N–H and O–H groups in total. The van der Waals surface area contributed by atoms with Crippen LogP contribution in [0.25, 0.3) is 0 Å². The van der Waals surface area contributed by atoms with Crippen molar-refractivity contribution in [3.05, 3.63) is 89.6 Å². The van der Waals surface area contributed by atoms with Gasteiger partial charge in [0, 0.05) is 17.1 Å². The molecule has 1 atom stereocenters. The number of rotatable bonds is 7. The zero-order chi connectivity index (χ0) is 19.1. The van der Waals surface area contributed by atoms with Crippen LogP contribution in [0.3, 0.4) is 0 Å². The Morgan fingerprint density at radius 3 is 2.52 bits per heavy atom. The van der Waals surface area contributed by atoms with Crippen molar-refractivity contribution < 1.29 is 4.79 Å². The topological polar surface area (TPSA) is 42.0 Å². The predicted molar refractivity (Wildman–Crippen MR) is 111 cm³/mol. The largest absolute Gasteiger partial charge is 0.349 e. The summed E-state index contributed by atoms with van der Waals surface area (Å²) in [5.41, 5.74) is 3.12. The molecule has 3 rings (SSSR count). The van der Waals surface area contributed by atoms with Gasteiger partial charge in [-0.25, -0.2) is 4.98 Å². The lowest BCUT2D eigenvalue weighted by Gasteiger charge is -2.15. The molecule has 4 heteroatoms. The highest BCUT2D eigenvalue weighted by molar-refractivity contribution is 7.99. The minimum absolute atomic E-state index is 0.0710. The van der Waals surface area contributed by atoms with E-state index in [-0.39, 0.29) is 11.9 Å². The first-order chi connectivity index (χ1) is 13.1. The molecule has 0 bridgehead atoms. The third kappa shape index (κ3) is 5.69. The zero-order valence-electron chi connectivity index (χ0n) is 15.7. The Bertz CT molecular complexity index is 878. The van der Waals surface area contributed by atoms with Crippen LogP contribution in [0.4, 0.5) is 0 Å².